The molecule has 0 N–H and O–H groups in total. The van der Waals surface area contributed by atoms with E-state index in [0.29, 0.717) is 0 Å². The number of rotatable bonds is 7. The zero-order valence-corrected chi connectivity index (χ0v) is 27.4. The molecule has 3 nitrogen and oxygen atoms in total. The van der Waals surface area contributed by atoms with Crippen molar-refractivity contribution < 1.29 is 0 Å². The minimum atomic E-state index is 0.934. The molecule has 0 saturated heterocycles. The van der Waals surface area contributed by atoms with Crippen LogP contribution in [0.4, 0.5) is 17.1 Å². The summed E-state index contributed by atoms with van der Waals surface area (Å²) >= 11 is 0. The van der Waals surface area contributed by atoms with Crippen LogP contribution in [0.3, 0.4) is 0 Å². The number of benzene rings is 8. The maximum atomic E-state index is 5.05. The molecule has 8 aromatic carbocycles. The van der Waals surface area contributed by atoms with E-state index in [9.17, 15) is 0 Å². The van der Waals surface area contributed by atoms with Crippen molar-refractivity contribution in [2.75, 3.05) is 4.90 Å². The molecule has 0 aliphatic heterocycles. The first kappa shape index (κ1) is 29.4. The van der Waals surface area contributed by atoms with E-state index >= 15 is 0 Å². The molecule has 0 atom stereocenters. The van der Waals surface area contributed by atoms with Gasteiger partial charge in [-0.25, -0.2) is 4.98 Å². The van der Waals surface area contributed by atoms with Crippen molar-refractivity contribution in [3.05, 3.63) is 200 Å². The van der Waals surface area contributed by atoms with Crippen LogP contribution in [0.25, 0.3) is 61.1 Å². The Hall–Kier alpha value is -6.71. The lowest BCUT2D eigenvalue weighted by Crippen LogP contribution is -2.09. The lowest BCUT2D eigenvalue weighted by Gasteiger charge is -2.26. The van der Waals surface area contributed by atoms with Gasteiger partial charge in [0.1, 0.15) is 5.82 Å². The summed E-state index contributed by atoms with van der Waals surface area (Å²) in [6.45, 7) is 0. The zero-order chi connectivity index (χ0) is 33.3. The summed E-state index contributed by atoms with van der Waals surface area (Å²) in [5.74, 6) is 0.934. The van der Waals surface area contributed by atoms with E-state index < -0.39 is 0 Å². The Morgan fingerprint density at radius 1 is 0.360 bits per heavy atom. The topological polar surface area (TPSA) is 21.1 Å². The van der Waals surface area contributed by atoms with Gasteiger partial charge in [-0.3, -0.25) is 4.57 Å². The van der Waals surface area contributed by atoms with Gasteiger partial charge in [-0.05, 0) is 93.7 Å². The zero-order valence-electron chi connectivity index (χ0n) is 27.4. The molecule has 0 radical (unpaired) electrons. The second-order valence-electron chi connectivity index (χ2n) is 12.5. The number of fused-ring (bicyclic) bond motifs is 2. The molecule has 9 aromatic rings. The van der Waals surface area contributed by atoms with Gasteiger partial charge in [0, 0.05) is 28.3 Å². The highest BCUT2D eigenvalue weighted by molar-refractivity contribution is 5.90. The van der Waals surface area contributed by atoms with Crippen molar-refractivity contribution in [2.24, 2.45) is 0 Å². The molecule has 50 heavy (non-hydrogen) atoms. The summed E-state index contributed by atoms with van der Waals surface area (Å²) in [6, 6.07) is 71.0. The molecule has 0 bridgehead atoms. The third-order valence-electron chi connectivity index (χ3n) is 9.38. The molecule has 9 rings (SSSR count). The largest absolute Gasteiger partial charge is 0.310 e. The van der Waals surface area contributed by atoms with Crippen LogP contribution in [-0.4, -0.2) is 9.55 Å². The number of aromatic nitrogens is 2. The Kier molecular flexibility index (Phi) is 7.49. The molecule has 0 aliphatic carbocycles. The molecule has 0 spiro atoms. The van der Waals surface area contributed by atoms with E-state index in [4.69, 9.17) is 4.98 Å². The Balaban J connectivity index is 1.11. The fourth-order valence-electron chi connectivity index (χ4n) is 6.89. The quantitative estimate of drug-likeness (QED) is 0.173. The maximum absolute atomic E-state index is 5.05. The van der Waals surface area contributed by atoms with Crippen LogP contribution in [0.5, 0.6) is 0 Å². The summed E-state index contributed by atoms with van der Waals surface area (Å²) in [5.41, 5.74) is 12.3. The smallest absolute Gasteiger partial charge is 0.145 e. The van der Waals surface area contributed by atoms with Crippen molar-refractivity contribution in [1.82, 2.24) is 9.55 Å². The number of nitrogens with zero attached hydrogens (tertiary/aromatic N) is 3. The molecule has 0 aliphatic rings. The van der Waals surface area contributed by atoms with Gasteiger partial charge in [-0.1, -0.05) is 140 Å². The summed E-state index contributed by atoms with van der Waals surface area (Å²) in [5, 5.41) is 2.44. The summed E-state index contributed by atoms with van der Waals surface area (Å²) < 4.78 is 2.27. The third-order valence-corrected chi connectivity index (χ3v) is 9.38. The minimum absolute atomic E-state index is 0.934. The fraction of sp³-hybridized carbons (Fsp3) is 0. The normalized spacial score (nSPS) is 11.2. The number of para-hydroxylation sites is 2. The van der Waals surface area contributed by atoms with Crippen molar-refractivity contribution in [2.45, 2.75) is 0 Å². The van der Waals surface area contributed by atoms with E-state index in [-0.39, 0.29) is 0 Å². The Morgan fingerprint density at radius 2 is 0.900 bits per heavy atom. The first-order chi connectivity index (χ1) is 24.8. The van der Waals surface area contributed by atoms with Gasteiger partial charge in [0.05, 0.1) is 11.0 Å². The molecule has 1 heterocycles. The Labute approximate surface area is 292 Å². The lowest BCUT2D eigenvalue weighted by molar-refractivity contribution is 1.10. The molecular formula is C47H33N3. The summed E-state index contributed by atoms with van der Waals surface area (Å²) in [6.07, 6.45) is 0. The van der Waals surface area contributed by atoms with Crippen molar-refractivity contribution >= 4 is 38.9 Å². The van der Waals surface area contributed by atoms with Crippen molar-refractivity contribution in [1.29, 1.82) is 0 Å². The van der Waals surface area contributed by atoms with Gasteiger partial charge in [0.15, 0.2) is 0 Å². The first-order valence-corrected chi connectivity index (χ1v) is 17.0. The second kappa shape index (κ2) is 12.7. The molecule has 0 fully saturated rings. The standard InChI is InChI=1S/C47H33N3/c1-3-12-34(13-4-1)36-22-27-41(28-23-36)49(44-31-26-35-14-7-8-17-39(35)33-44)42-29-24-37(25-30-42)40-18-11-19-43(32-40)50-46-21-10-9-20-45(46)48-47(50)38-15-5-2-6-16-38/h1-33H. The number of anilines is 3. The Bertz CT molecular complexity index is 2570. The predicted molar refractivity (Wildman–Crippen MR) is 210 cm³/mol. The second-order valence-corrected chi connectivity index (χ2v) is 12.5. The van der Waals surface area contributed by atoms with E-state index in [1.807, 2.05) is 12.1 Å². The van der Waals surface area contributed by atoms with Crippen LogP contribution in [0, 0.1) is 0 Å². The average Bonchev–Trinajstić information content (AvgIpc) is 3.59. The summed E-state index contributed by atoms with van der Waals surface area (Å²) in [4.78, 5) is 7.39. The Morgan fingerprint density at radius 3 is 1.62 bits per heavy atom. The number of hydrogen-bond donors (Lipinski definition) is 0. The third kappa shape index (κ3) is 5.51. The van der Waals surface area contributed by atoms with Gasteiger partial charge < -0.3 is 4.90 Å². The highest BCUT2D eigenvalue weighted by atomic mass is 15.1. The van der Waals surface area contributed by atoms with Gasteiger partial charge >= 0.3 is 0 Å². The summed E-state index contributed by atoms with van der Waals surface area (Å²) in [7, 11) is 0. The predicted octanol–water partition coefficient (Wildman–Crippen LogP) is 12.6. The average molecular weight is 640 g/mol. The highest BCUT2D eigenvalue weighted by Gasteiger charge is 2.16. The van der Waals surface area contributed by atoms with Crippen LogP contribution in [-0.2, 0) is 0 Å². The van der Waals surface area contributed by atoms with Crippen LogP contribution >= 0.6 is 0 Å². The molecule has 236 valence electrons. The highest BCUT2D eigenvalue weighted by Crippen LogP contribution is 2.38. The lowest BCUT2D eigenvalue weighted by atomic mass is 10.0. The van der Waals surface area contributed by atoms with Gasteiger partial charge in [0.2, 0.25) is 0 Å². The van der Waals surface area contributed by atoms with Crippen LogP contribution in [0.2, 0.25) is 0 Å². The number of imidazole rings is 1. The minimum Gasteiger partial charge on any atom is -0.310 e. The van der Waals surface area contributed by atoms with Crippen LogP contribution in [0.1, 0.15) is 0 Å². The van der Waals surface area contributed by atoms with Crippen LogP contribution in [0.15, 0.2) is 200 Å². The molecule has 3 heteroatoms. The fourth-order valence-corrected chi connectivity index (χ4v) is 6.89. The van der Waals surface area contributed by atoms with E-state index in [1.165, 1.54) is 21.9 Å². The van der Waals surface area contributed by atoms with Gasteiger partial charge in [-0.15, -0.1) is 0 Å². The van der Waals surface area contributed by atoms with Gasteiger partial charge in [0.25, 0.3) is 0 Å². The van der Waals surface area contributed by atoms with E-state index in [1.54, 1.807) is 0 Å². The van der Waals surface area contributed by atoms with Gasteiger partial charge in [-0.2, -0.15) is 0 Å². The number of hydrogen-bond acceptors (Lipinski definition) is 2. The molecule has 0 saturated carbocycles. The molecule has 0 amide bonds. The monoisotopic (exact) mass is 639 g/mol. The molecule has 0 unspecified atom stereocenters. The SMILES string of the molecule is c1ccc(-c2ccc(N(c3ccc(-c4cccc(-n5c(-c6ccccc6)nc6ccccc65)c4)cc3)c3ccc4ccccc4c3)cc2)cc1. The van der Waals surface area contributed by atoms with Crippen LogP contribution < -0.4 is 4.90 Å². The molecular weight excluding hydrogens is 607 g/mol. The van der Waals surface area contributed by atoms with Crippen molar-refractivity contribution in [3.63, 3.8) is 0 Å². The van der Waals surface area contributed by atoms with E-state index in [0.717, 1.165) is 56.3 Å². The van der Waals surface area contributed by atoms with Crippen molar-refractivity contribution in [3.8, 4) is 39.3 Å². The molecule has 1 aromatic heterocycles. The van der Waals surface area contributed by atoms with E-state index in [2.05, 4.69) is 198 Å². The first-order valence-electron chi connectivity index (χ1n) is 17.0. The maximum Gasteiger partial charge on any atom is 0.145 e.